The van der Waals surface area contributed by atoms with Crippen LogP contribution in [0.1, 0.15) is 31.7 Å². The first kappa shape index (κ1) is 12.1. The highest BCUT2D eigenvalue weighted by Gasteiger charge is 2.30. The molecule has 0 heterocycles. The summed E-state index contributed by atoms with van der Waals surface area (Å²) in [7, 11) is 0. The highest BCUT2D eigenvalue weighted by molar-refractivity contribution is 9.10. The zero-order valence-corrected chi connectivity index (χ0v) is 11.5. The van der Waals surface area contributed by atoms with E-state index < -0.39 is 0 Å². The molecule has 1 aromatic carbocycles. The van der Waals surface area contributed by atoms with Crippen molar-refractivity contribution in [2.75, 3.05) is 6.54 Å². The largest absolute Gasteiger partial charge is 0.314 e. The zero-order valence-electron chi connectivity index (χ0n) is 9.88. The predicted molar refractivity (Wildman–Crippen MR) is 72.7 cm³/mol. The van der Waals surface area contributed by atoms with Crippen LogP contribution < -0.4 is 5.32 Å². The van der Waals surface area contributed by atoms with E-state index in [4.69, 9.17) is 0 Å². The lowest BCUT2D eigenvalue weighted by molar-refractivity contribution is 0.446. The van der Waals surface area contributed by atoms with E-state index in [2.05, 4.69) is 52.4 Å². The Bertz CT molecular complexity index is 333. The molecule has 2 rings (SSSR count). The number of rotatable bonds is 6. The van der Waals surface area contributed by atoms with E-state index in [1.165, 1.54) is 35.7 Å². The Morgan fingerprint density at radius 1 is 1.38 bits per heavy atom. The highest BCUT2D eigenvalue weighted by atomic mass is 79.9. The fourth-order valence-corrected chi connectivity index (χ4v) is 2.76. The van der Waals surface area contributed by atoms with Gasteiger partial charge in [-0.15, -0.1) is 0 Å². The van der Waals surface area contributed by atoms with Crippen molar-refractivity contribution in [3.63, 3.8) is 0 Å². The molecule has 88 valence electrons. The van der Waals surface area contributed by atoms with E-state index in [9.17, 15) is 0 Å². The van der Waals surface area contributed by atoms with Crippen LogP contribution in [0.15, 0.2) is 28.7 Å². The summed E-state index contributed by atoms with van der Waals surface area (Å²) < 4.78 is 1.25. The van der Waals surface area contributed by atoms with Crippen molar-refractivity contribution < 1.29 is 0 Å². The van der Waals surface area contributed by atoms with Crippen molar-refractivity contribution in [3.05, 3.63) is 34.3 Å². The average molecular weight is 282 g/mol. The molecule has 0 radical (unpaired) electrons. The quantitative estimate of drug-likeness (QED) is 0.837. The molecular weight excluding hydrogens is 262 g/mol. The molecule has 1 atom stereocenters. The van der Waals surface area contributed by atoms with Gasteiger partial charge in [-0.1, -0.05) is 41.1 Å². The monoisotopic (exact) mass is 281 g/mol. The Hall–Kier alpha value is -0.340. The second kappa shape index (κ2) is 5.83. The van der Waals surface area contributed by atoms with Crippen molar-refractivity contribution in [1.29, 1.82) is 0 Å². The zero-order chi connectivity index (χ0) is 11.4. The summed E-state index contributed by atoms with van der Waals surface area (Å²) in [5.74, 6) is 0.947. The second-order valence-electron chi connectivity index (χ2n) is 4.63. The minimum Gasteiger partial charge on any atom is -0.314 e. The number of halogens is 1. The molecule has 0 bridgehead atoms. The molecule has 0 spiro atoms. The standard InChI is InChI=1S/C14H20BrN/c1-2-16-14(12-7-8-12)10-9-11-5-3-4-6-13(11)15/h3-6,12,14,16H,2,7-10H2,1H3. The number of nitrogens with one attached hydrogen (secondary N) is 1. The normalized spacial score (nSPS) is 17.4. The third kappa shape index (κ3) is 3.33. The summed E-state index contributed by atoms with van der Waals surface area (Å²) >= 11 is 3.62. The summed E-state index contributed by atoms with van der Waals surface area (Å²) in [5.41, 5.74) is 1.44. The van der Waals surface area contributed by atoms with Crippen LogP contribution in [0.3, 0.4) is 0 Å². The van der Waals surface area contributed by atoms with Gasteiger partial charge in [0.25, 0.3) is 0 Å². The molecule has 1 aliphatic rings. The van der Waals surface area contributed by atoms with Crippen molar-refractivity contribution in [1.82, 2.24) is 5.32 Å². The van der Waals surface area contributed by atoms with E-state index in [1.54, 1.807) is 0 Å². The molecule has 1 aliphatic carbocycles. The molecule has 0 aromatic heterocycles. The minimum atomic E-state index is 0.733. The lowest BCUT2D eigenvalue weighted by atomic mass is 10.0. The van der Waals surface area contributed by atoms with Crippen molar-refractivity contribution in [3.8, 4) is 0 Å². The molecule has 1 fully saturated rings. The van der Waals surface area contributed by atoms with Gasteiger partial charge in [-0.3, -0.25) is 0 Å². The highest BCUT2D eigenvalue weighted by Crippen LogP contribution is 2.34. The van der Waals surface area contributed by atoms with Gasteiger partial charge in [0.05, 0.1) is 0 Å². The van der Waals surface area contributed by atoms with Crippen LogP contribution in [-0.4, -0.2) is 12.6 Å². The SMILES string of the molecule is CCNC(CCc1ccccc1Br)C1CC1. The van der Waals surface area contributed by atoms with Crippen LogP contribution in [0.4, 0.5) is 0 Å². The second-order valence-corrected chi connectivity index (χ2v) is 5.49. The van der Waals surface area contributed by atoms with Crippen molar-refractivity contribution in [2.24, 2.45) is 5.92 Å². The van der Waals surface area contributed by atoms with Crippen LogP contribution in [0.5, 0.6) is 0 Å². The van der Waals surface area contributed by atoms with Crippen LogP contribution in [0.25, 0.3) is 0 Å². The first-order chi connectivity index (χ1) is 7.81. The van der Waals surface area contributed by atoms with Gasteiger partial charge >= 0.3 is 0 Å². The van der Waals surface area contributed by atoms with Gasteiger partial charge in [0.1, 0.15) is 0 Å². The number of benzene rings is 1. The number of hydrogen-bond donors (Lipinski definition) is 1. The Morgan fingerprint density at radius 2 is 2.12 bits per heavy atom. The maximum absolute atomic E-state index is 3.62. The van der Waals surface area contributed by atoms with Gasteiger partial charge in [0, 0.05) is 10.5 Å². The first-order valence-corrected chi connectivity index (χ1v) is 7.07. The van der Waals surface area contributed by atoms with Gasteiger partial charge < -0.3 is 5.32 Å². The van der Waals surface area contributed by atoms with Crippen LogP contribution >= 0.6 is 15.9 Å². The molecule has 0 saturated heterocycles. The molecule has 1 N–H and O–H groups in total. The van der Waals surface area contributed by atoms with Crippen LogP contribution in [-0.2, 0) is 6.42 Å². The summed E-state index contributed by atoms with van der Waals surface area (Å²) in [5, 5.41) is 3.62. The lowest BCUT2D eigenvalue weighted by Gasteiger charge is -2.17. The Labute approximate surface area is 107 Å². The lowest BCUT2D eigenvalue weighted by Crippen LogP contribution is -2.31. The van der Waals surface area contributed by atoms with Gasteiger partial charge in [-0.2, -0.15) is 0 Å². The third-order valence-electron chi connectivity index (χ3n) is 3.34. The average Bonchev–Trinajstić information content (AvgIpc) is 3.10. The smallest absolute Gasteiger partial charge is 0.0207 e. The fraction of sp³-hybridized carbons (Fsp3) is 0.571. The Balaban J connectivity index is 1.87. The van der Waals surface area contributed by atoms with E-state index in [1.807, 2.05) is 0 Å². The first-order valence-electron chi connectivity index (χ1n) is 6.28. The maximum atomic E-state index is 3.62. The Kier molecular flexibility index (Phi) is 4.42. The van der Waals surface area contributed by atoms with Crippen LogP contribution in [0.2, 0.25) is 0 Å². The molecule has 16 heavy (non-hydrogen) atoms. The summed E-state index contributed by atoms with van der Waals surface area (Å²) in [6.45, 7) is 3.30. The fourth-order valence-electron chi connectivity index (χ4n) is 2.28. The van der Waals surface area contributed by atoms with Gasteiger partial charge in [-0.05, 0) is 49.8 Å². The third-order valence-corrected chi connectivity index (χ3v) is 4.11. The van der Waals surface area contributed by atoms with E-state index in [-0.39, 0.29) is 0 Å². The van der Waals surface area contributed by atoms with Gasteiger partial charge in [0.15, 0.2) is 0 Å². The molecule has 0 amide bonds. The van der Waals surface area contributed by atoms with Gasteiger partial charge in [-0.25, -0.2) is 0 Å². The summed E-state index contributed by atoms with van der Waals surface area (Å²) in [6, 6.07) is 9.29. The number of hydrogen-bond acceptors (Lipinski definition) is 1. The summed E-state index contributed by atoms with van der Waals surface area (Å²) in [4.78, 5) is 0. The van der Waals surface area contributed by atoms with Gasteiger partial charge in [0.2, 0.25) is 0 Å². The molecule has 2 heteroatoms. The van der Waals surface area contributed by atoms with Crippen molar-refractivity contribution >= 4 is 15.9 Å². The van der Waals surface area contributed by atoms with E-state index >= 15 is 0 Å². The molecule has 1 saturated carbocycles. The molecular formula is C14H20BrN. The van der Waals surface area contributed by atoms with Crippen molar-refractivity contribution in [2.45, 2.75) is 38.6 Å². The van der Waals surface area contributed by atoms with Crippen LogP contribution in [0, 0.1) is 5.92 Å². The predicted octanol–water partition coefficient (Wildman–Crippen LogP) is 3.77. The molecule has 1 unspecified atom stereocenters. The molecule has 1 nitrogen and oxygen atoms in total. The molecule has 1 aromatic rings. The summed E-state index contributed by atoms with van der Waals surface area (Å²) in [6.07, 6.45) is 5.29. The topological polar surface area (TPSA) is 12.0 Å². The van der Waals surface area contributed by atoms with E-state index in [0.29, 0.717) is 0 Å². The maximum Gasteiger partial charge on any atom is 0.0207 e. The van der Waals surface area contributed by atoms with E-state index in [0.717, 1.165) is 18.5 Å². The minimum absolute atomic E-state index is 0.733. The number of aryl methyl sites for hydroxylation is 1. The molecule has 0 aliphatic heterocycles. The Morgan fingerprint density at radius 3 is 2.75 bits per heavy atom.